The van der Waals surface area contributed by atoms with Crippen LogP contribution in [0.5, 0.6) is 0 Å². The van der Waals surface area contributed by atoms with E-state index in [4.69, 9.17) is 5.11 Å². The lowest BCUT2D eigenvalue weighted by atomic mass is 9.88. The highest BCUT2D eigenvalue weighted by atomic mass is 16.4. The van der Waals surface area contributed by atoms with Gasteiger partial charge in [0.2, 0.25) is 0 Å². The molecule has 0 saturated heterocycles. The molecule has 0 aliphatic carbocycles. The van der Waals surface area contributed by atoms with Gasteiger partial charge in [-0.15, -0.1) is 0 Å². The Labute approximate surface area is 165 Å². The number of carbonyl (C=O) groups is 4. The zero-order valence-corrected chi connectivity index (χ0v) is 15.5. The first kappa shape index (κ1) is 19.9. The molecule has 29 heavy (non-hydrogen) atoms. The molecule has 0 bridgehead atoms. The van der Waals surface area contributed by atoms with Gasteiger partial charge in [-0.3, -0.25) is 19.3 Å². The van der Waals surface area contributed by atoms with Crippen molar-refractivity contribution in [1.29, 1.82) is 0 Å². The van der Waals surface area contributed by atoms with E-state index >= 15 is 0 Å². The zero-order valence-electron chi connectivity index (χ0n) is 15.5. The van der Waals surface area contributed by atoms with Crippen LogP contribution in [0.2, 0.25) is 0 Å². The van der Waals surface area contributed by atoms with Crippen LogP contribution in [0.3, 0.4) is 0 Å². The molecule has 9 nitrogen and oxygen atoms in total. The molecule has 3 amide bonds. The summed E-state index contributed by atoms with van der Waals surface area (Å²) >= 11 is 0. The lowest BCUT2D eigenvalue weighted by Gasteiger charge is -2.28. The Morgan fingerprint density at radius 1 is 1.00 bits per heavy atom. The monoisotopic (exact) mass is 397 g/mol. The van der Waals surface area contributed by atoms with Gasteiger partial charge in [0.15, 0.2) is 5.54 Å². The molecule has 9 heteroatoms. The molecule has 4 N–H and O–H groups in total. The number of anilines is 2. The van der Waals surface area contributed by atoms with Crippen molar-refractivity contribution in [2.75, 3.05) is 16.8 Å². The summed E-state index contributed by atoms with van der Waals surface area (Å²) in [7, 11) is 0. The van der Waals surface area contributed by atoms with E-state index in [1.165, 1.54) is 12.1 Å². The van der Waals surface area contributed by atoms with Gasteiger partial charge in [0.1, 0.15) is 6.54 Å². The van der Waals surface area contributed by atoms with Gasteiger partial charge >= 0.3 is 18.0 Å². The zero-order chi connectivity index (χ0) is 21.2. The highest BCUT2D eigenvalue weighted by Crippen LogP contribution is 2.42. The number of fused-ring (bicyclic) bond motifs is 1. The third-order valence-electron chi connectivity index (χ3n) is 4.61. The minimum atomic E-state index is -1.92. The van der Waals surface area contributed by atoms with Gasteiger partial charge in [-0.1, -0.05) is 35.9 Å². The fourth-order valence-corrected chi connectivity index (χ4v) is 3.37. The van der Waals surface area contributed by atoms with Crippen LogP contribution in [0, 0.1) is 6.92 Å². The Hall–Kier alpha value is -3.88. The van der Waals surface area contributed by atoms with Gasteiger partial charge in [-0.05, 0) is 25.1 Å². The van der Waals surface area contributed by atoms with Crippen molar-refractivity contribution in [3.05, 3.63) is 59.7 Å². The Balaban J connectivity index is 1.98. The molecule has 0 fully saturated rings. The Morgan fingerprint density at radius 3 is 2.28 bits per heavy atom. The molecule has 3 rings (SSSR count). The van der Waals surface area contributed by atoms with E-state index in [0.717, 1.165) is 10.5 Å². The van der Waals surface area contributed by atoms with Crippen LogP contribution in [-0.4, -0.2) is 40.6 Å². The van der Waals surface area contributed by atoms with Crippen molar-refractivity contribution in [1.82, 2.24) is 5.32 Å². The van der Waals surface area contributed by atoms with Crippen molar-refractivity contribution < 1.29 is 29.4 Å². The topological polar surface area (TPSA) is 136 Å². The van der Waals surface area contributed by atoms with Crippen LogP contribution in [0.25, 0.3) is 0 Å². The lowest BCUT2D eigenvalue weighted by Crippen LogP contribution is -2.55. The molecule has 1 heterocycles. The molecule has 0 aromatic heterocycles. The van der Waals surface area contributed by atoms with Crippen LogP contribution in [0.15, 0.2) is 48.5 Å². The fourth-order valence-electron chi connectivity index (χ4n) is 3.37. The largest absolute Gasteiger partial charge is 0.481 e. The van der Waals surface area contributed by atoms with E-state index in [-0.39, 0.29) is 11.3 Å². The number of carboxylic acids is 2. The molecule has 0 saturated carbocycles. The number of benzene rings is 2. The van der Waals surface area contributed by atoms with Crippen molar-refractivity contribution in [2.45, 2.75) is 18.9 Å². The van der Waals surface area contributed by atoms with Gasteiger partial charge in [-0.2, -0.15) is 0 Å². The lowest BCUT2D eigenvalue weighted by molar-refractivity contribution is -0.142. The average Bonchev–Trinajstić information content (AvgIpc) is 2.86. The second kappa shape index (κ2) is 7.63. The van der Waals surface area contributed by atoms with E-state index in [1.807, 2.05) is 6.92 Å². The van der Waals surface area contributed by atoms with Gasteiger partial charge in [0.05, 0.1) is 12.1 Å². The average molecular weight is 397 g/mol. The summed E-state index contributed by atoms with van der Waals surface area (Å²) in [5.41, 5.74) is -0.00108. The number of hydrogen-bond donors (Lipinski definition) is 4. The molecular weight excluding hydrogens is 378 g/mol. The SMILES string of the molecule is Cc1ccc(NC(=O)N[C@]2(CC(=O)O)C(=O)N(CC(=O)O)c3ccccc32)cc1. The minimum absolute atomic E-state index is 0.229. The first-order valence-electron chi connectivity index (χ1n) is 8.74. The number of aryl methyl sites for hydroxylation is 1. The normalized spacial score (nSPS) is 17.6. The number of nitrogens with zero attached hydrogens (tertiary/aromatic N) is 1. The summed E-state index contributed by atoms with van der Waals surface area (Å²) in [5.74, 6) is -3.40. The smallest absolute Gasteiger partial charge is 0.323 e. The van der Waals surface area contributed by atoms with Gasteiger partial charge < -0.3 is 20.8 Å². The van der Waals surface area contributed by atoms with Gasteiger partial charge in [-0.25, -0.2) is 4.79 Å². The van der Waals surface area contributed by atoms with Crippen molar-refractivity contribution in [3.8, 4) is 0 Å². The summed E-state index contributed by atoms with van der Waals surface area (Å²) in [6, 6.07) is 12.3. The van der Waals surface area contributed by atoms with Crippen molar-refractivity contribution in [3.63, 3.8) is 0 Å². The van der Waals surface area contributed by atoms with Gasteiger partial charge in [0.25, 0.3) is 5.91 Å². The van der Waals surface area contributed by atoms with Crippen LogP contribution in [0.1, 0.15) is 17.5 Å². The maximum atomic E-state index is 13.1. The minimum Gasteiger partial charge on any atom is -0.481 e. The van der Waals surface area contributed by atoms with E-state index in [1.54, 1.807) is 36.4 Å². The van der Waals surface area contributed by atoms with Crippen molar-refractivity contribution in [2.24, 2.45) is 0 Å². The van der Waals surface area contributed by atoms with E-state index < -0.39 is 42.4 Å². The standard InChI is InChI=1S/C20H19N3O6/c1-12-6-8-13(9-7-12)21-19(29)22-20(10-16(24)25)14-4-2-3-5-15(14)23(18(20)28)11-17(26)27/h2-9H,10-11H2,1H3,(H,24,25)(H,26,27)(H2,21,22,29)/t20-/m0/s1. The quantitative estimate of drug-likeness (QED) is 0.588. The highest BCUT2D eigenvalue weighted by molar-refractivity contribution is 6.13. The molecule has 0 unspecified atom stereocenters. The molecule has 0 spiro atoms. The predicted octanol–water partition coefficient (Wildman–Crippen LogP) is 1.92. The predicted molar refractivity (Wildman–Crippen MR) is 104 cm³/mol. The molecule has 1 atom stereocenters. The first-order valence-corrected chi connectivity index (χ1v) is 8.74. The number of rotatable bonds is 6. The molecule has 1 aliphatic heterocycles. The molecule has 1 aliphatic rings. The van der Waals surface area contributed by atoms with Gasteiger partial charge in [0, 0.05) is 11.3 Å². The summed E-state index contributed by atoms with van der Waals surface area (Å²) in [5, 5.41) is 23.6. The number of carbonyl (C=O) groups excluding carboxylic acids is 2. The third-order valence-corrected chi connectivity index (χ3v) is 4.61. The Morgan fingerprint density at radius 2 is 1.66 bits per heavy atom. The number of carboxylic acid groups (broad SMARTS) is 2. The molecule has 150 valence electrons. The number of amides is 3. The van der Waals surface area contributed by atoms with E-state index in [0.29, 0.717) is 5.69 Å². The number of aliphatic carboxylic acids is 2. The Bertz CT molecular complexity index is 988. The van der Waals surface area contributed by atoms with Crippen LogP contribution in [-0.2, 0) is 19.9 Å². The van der Waals surface area contributed by atoms with E-state index in [2.05, 4.69) is 10.6 Å². The summed E-state index contributed by atoms with van der Waals surface area (Å²) in [6.07, 6.45) is -0.736. The number of hydrogen-bond acceptors (Lipinski definition) is 4. The molecular formula is C20H19N3O6. The number of para-hydroxylation sites is 1. The third kappa shape index (κ3) is 3.88. The van der Waals surface area contributed by atoms with Crippen molar-refractivity contribution >= 4 is 35.3 Å². The maximum absolute atomic E-state index is 13.1. The van der Waals surface area contributed by atoms with Crippen LogP contribution >= 0.6 is 0 Å². The second-order valence-corrected chi connectivity index (χ2v) is 6.72. The highest BCUT2D eigenvalue weighted by Gasteiger charge is 2.53. The molecule has 2 aromatic carbocycles. The maximum Gasteiger partial charge on any atom is 0.323 e. The Kier molecular flexibility index (Phi) is 5.22. The van der Waals surface area contributed by atoms with Crippen LogP contribution in [0.4, 0.5) is 16.2 Å². The molecule has 0 radical (unpaired) electrons. The summed E-state index contributed by atoms with van der Waals surface area (Å²) < 4.78 is 0. The van der Waals surface area contributed by atoms with E-state index in [9.17, 15) is 24.3 Å². The number of urea groups is 1. The second-order valence-electron chi connectivity index (χ2n) is 6.72. The van der Waals surface area contributed by atoms with Crippen LogP contribution < -0.4 is 15.5 Å². The number of nitrogens with one attached hydrogen (secondary N) is 2. The molecule has 2 aromatic rings. The fraction of sp³-hybridized carbons (Fsp3) is 0.200. The summed E-state index contributed by atoms with van der Waals surface area (Å²) in [6.45, 7) is 1.23. The summed E-state index contributed by atoms with van der Waals surface area (Å²) in [4.78, 5) is 49.5. The first-order chi connectivity index (χ1) is 13.7.